The van der Waals surface area contributed by atoms with Gasteiger partial charge in [0.2, 0.25) is 0 Å². The summed E-state index contributed by atoms with van der Waals surface area (Å²) in [5.74, 6) is -0.188. The third kappa shape index (κ3) is 4.69. The SMILES string of the molecule is COc1ccc(C(=O)OCCNC(=O)c2cccnc2Cl)cc1. The topological polar surface area (TPSA) is 77.5 Å². The standard InChI is InChI=1S/C16H15ClN2O4/c1-22-12-6-4-11(5-7-12)16(21)23-10-9-19-15(20)13-3-2-8-18-14(13)17/h2-8H,9-10H2,1H3,(H,19,20). The average molecular weight is 335 g/mol. The predicted octanol–water partition coefficient (Wildman–Crippen LogP) is 2.33. The van der Waals surface area contributed by atoms with Crippen LogP contribution in [0.15, 0.2) is 42.6 Å². The minimum atomic E-state index is -0.471. The quantitative estimate of drug-likeness (QED) is 0.498. The first kappa shape index (κ1) is 16.8. The van der Waals surface area contributed by atoms with E-state index in [1.807, 2.05) is 0 Å². The third-order valence-corrected chi connectivity index (χ3v) is 3.25. The highest BCUT2D eigenvalue weighted by Crippen LogP contribution is 2.12. The fourth-order valence-corrected chi connectivity index (χ4v) is 1.97. The summed E-state index contributed by atoms with van der Waals surface area (Å²) in [7, 11) is 1.55. The summed E-state index contributed by atoms with van der Waals surface area (Å²) in [6.07, 6.45) is 1.50. The lowest BCUT2D eigenvalue weighted by molar-refractivity contribution is 0.0503. The molecule has 1 heterocycles. The molecule has 0 aliphatic carbocycles. The molecule has 2 rings (SSSR count). The minimum absolute atomic E-state index is 0.0501. The van der Waals surface area contributed by atoms with E-state index >= 15 is 0 Å². The molecule has 6 nitrogen and oxygen atoms in total. The van der Waals surface area contributed by atoms with Gasteiger partial charge in [-0.1, -0.05) is 11.6 Å². The van der Waals surface area contributed by atoms with Crippen LogP contribution in [0, 0.1) is 0 Å². The number of esters is 1. The van der Waals surface area contributed by atoms with E-state index in [4.69, 9.17) is 21.1 Å². The number of hydrogen-bond acceptors (Lipinski definition) is 5. The Kier molecular flexibility index (Phi) is 5.94. The van der Waals surface area contributed by atoms with Crippen molar-refractivity contribution in [3.05, 3.63) is 58.9 Å². The van der Waals surface area contributed by atoms with Crippen LogP contribution in [0.4, 0.5) is 0 Å². The zero-order chi connectivity index (χ0) is 16.7. The van der Waals surface area contributed by atoms with Gasteiger partial charge in [-0.15, -0.1) is 0 Å². The molecule has 1 aromatic heterocycles. The van der Waals surface area contributed by atoms with Gasteiger partial charge in [0.05, 0.1) is 24.8 Å². The molecule has 0 bridgehead atoms. The molecule has 0 spiro atoms. The number of hydrogen-bond donors (Lipinski definition) is 1. The van der Waals surface area contributed by atoms with E-state index in [0.29, 0.717) is 11.3 Å². The van der Waals surface area contributed by atoms with Crippen LogP contribution in [0.1, 0.15) is 20.7 Å². The predicted molar refractivity (Wildman–Crippen MR) is 84.9 cm³/mol. The van der Waals surface area contributed by atoms with Crippen molar-refractivity contribution in [2.75, 3.05) is 20.3 Å². The van der Waals surface area contributed by atoms with Crippen LogP contribution in [0.25, 0.3) is 0 Å². The van der Waals surface area contributed by atoms with Crippen molar-refractivity contribution in [1.29, 1.82) is 0 Å². The number of ether oxygens (including phenoxy) is 2. The number of halogens is 1. The van der Waals surface area contributed by atoms with E-state index in [-0.39, 0.29) is 29.8 Å². The highest BCUT2D eigenvalue weighted by Gasteiger charge is 2.11. The second-order valence-corrected chi connectivity index (χ2v) is 4.82. The van der Waals surface area contributed by atoms with Crippen LogP contribution >= 0.6 is 11.6 Å². The van der Waals surface area contributed by atoms with E-state index in [1.54, 1.807) is 43.5 Å². The first-order valence-corrected chi connectivity index (χ1v) is 7.19. The molecule has 0 saturated heterocycles. The molecular formula is C16H15ClN2O4. The van der Waals surface area contributed by atoms with Gasteiger partial charge >= 0.3 is 5.97 Å². The van der Waals surface area contributed by atoms with Crippen molar-refractivity contribution in [3.8, 4) is 5.75 Å². The van der Waals surface area contributed by atoms with Gasteiger partial charge in [0, 0.05) is 6.20 Å². The highest BCUT2D eigenvalue weighted by atomic mass is 35.5. The fourth-order valence-electron chi connectivity index (χ4n) is 1.77. The first-order chi connectivity index (χ1) is 11.1. The molecule has 0 saturated carbocycles. The van der Waals surface area contributed by atoms with Gasteiger partial charge in [0.15, 0.2) is 0 Å². The molecule has 0 unspecified atom stereocenters. The molecule has 1 aromatic carbocycles. The fraction of sp³-hybridized carbons (Fsp3) is 0.188. The van der Waals surface area contributed by atoms with E-state index in [1.165, 1.54) is 6.20 Å². The zero-order valence-electron chi connectivity index (χ0n) is 12.4. The van der Waals surface area contributed by atoms with Gasteiger partial charge in [0.1, 0.15) is 17.5 Å². The maximum absolute atomic E-state index is 11.9. The summed E-state index contributed by atoms with van der Waals surface area (Å²) in [6.45, 7) is 0.223. The van der Waals surface area contributed by atoms with Crippen LogP contribution in [0.5, 0.6) is 5.75 Å². The van der Waals surface area contributed by atoms with Gasteiger partial charge in [-0.05, 0) is 36.4 Å². The zero-order valence-corrected chi connectivity index (χ0v) is 13.2. The Labute approximate surface area is 138 Å². The number of methoxy groups -OCH3 is 1. The van der Waals surface area contributed by atoms with Crippen molar-refractivity contribution in [2.24, 2.45) is 0 Å². The third-order valence-electron chi connectivity index (χ3n) is 2.95. The van der Waals surface area contributed by atoms with Crippen LogP contribution < -0.4 is 10.1 Å². The summed E-state index contributed by atoms with van der Waals surface area (Å²) in [4.78, 5) is 27.5. The minimum Gasteiger partial charge on any atom is -0.497 e. The second kappa shape index (κ2) is 8.14. The Morgan fingerprint density at radius 2 is 1.96 bits per heavy atom. The smallest absolute Gasteiger partial charge is 0.338 e. The Morgan fingerprint density at radius 3 is 2.61 bits per heavy atom. The van der Waals surface area contributed by atoms with Crippen molar-refractivity contribution in [1.82, 2.24) is 10.3 Å². The van der Waals surface area contributed by atoms with Crippen molar-refractivity contribution >= 4 is 23.5 Å². The number of nitrogens with zero attached hydrogens (tertiary/aromatic N) is 1. The molecular weight excluding hydrogens is 320 g/mol. The number of rotatable bonds is 6. The second-order valence-electron chi connectivity index (χ2n) is 4.46. The highest BCUT2D eigenvalue weighted by molar-refractivity contribution is 6.32. The van der Waals surface area contributed by atoms with Crippen LogP contribution in [0.2, 0.25) is 5.15 Å². The average Bonchev–Trinajstić information content (AvgIpc) is 2.58. The monoisotopic (exact) mass is 334 g/mol. The number of nitrogens with one attached hydrogen (secondary N) is 1. The maximum atomic E-state index is 11.9. The van der Waals surface area contributed by atoms with E-state index < -0.39 is 5.97 Å². The molecule has 0 aliphatic rings. The normalized spacial score (nSPS) is 10.0. The summed E-state index contributed by atoms with van der Waals surface area (Å²) in [6, 6.07) is 9.73. The summed E-state index contributed by atoms with van der Waals surface area (Å²) < 4.78 is 10.1. The van der Waals surface area contributed by atoms with E-state index in [9.17, 15) is 9.59 Å². The molecule has 0 aliphatic heterocycles. The van der Waals surface area contributed by atoms with Crippen LogP contribution in [-0.4, -0.2) is 37.1 Å². The molecule has 0 atom stereocenters. The van der Waals surface area contributed by atoms with Gasteiger partial charge in [-0.2, -0.15) is 0 Å². The molecule has 1 amide bonds. The number of carbonyl (C=O) groups excluding carboxylic acids is 2. The molecule has 0 fully saturated rings. The molecule has 120 valence electrons. The van der Waals surface area contributed by atoms with E-state index in [0.717, 1.165) is 0 Å². The number of aromatic nitrogens is 1. The lowest BCUT2D eigenvalue weighted by Crippen LogP contribution is -2.28. The largest absolute Gasteiger partial charge is 0.497 e. The summed E-state index contributed by atoms with van der Waals surface area (Å²) in [5, 5.41) is 2.73. The van der Waals surface area contributed by atoms with Gasteiger partial charge in [-0.25, -0.2) is 9.78 Å². The van der Waals surface area contributed by atoms with Crippen LogP contribution in [0.3, 0.4) is 0 Å². The number of pyridine rings is 1. The summed E-state index contributed by atoms with van der Waals surface area (Å²) >= 11 is 5.82. The van der Waals surface area contributed by atoms with Crippen molar-refractivity contribution < 1.29 is 19.1 Å². The van der Waals surface area contributed by atoms with Crippen molar-refractivity contribution in [3.63, 3.8) is 0 Å². The molecule has 23 heavy (non-hydrogen) atoms. The number of amides is 1. The maximum Gasteiger partial charge on any atom is 0.338 e. The van der Waals surface area contributed by atoms with Gasteiger partial charge in [-0.3, -0.25) is 4.79 Å². The molecule has 7 heteroatoms. The molecule has 0 radical (unpaired) electrons. The van der Waals surface area contributed by atoms with Gasteiger partial charge in [0.25, 0.3) is 5.91 Å². The lowest BCUT2D eigenvalue weighted by Gasteiger charge is -2.08. The lowest BCUT2D eigenvalue weighted by atomic mass is 10.2. The molecule has 1 N–H and O–H groups in total. The number of benzene rings is 1. The molecule has 2 aromatic rings. The Balaban J connectivity index is 1.77. The Hall–Kier alpha value is -2.60. The Bertz CT molecular complexity index is 689. The van der Waals surface area contributed by atoms with Crippen LogP contribution in [-0.2, 0) is 4.74 Å². The van der Waals surface area contributed by atoms with Crippen molar-refractivity contribution in [2.45, 2.75) is 0 Å². The van der Waals surface area contributed by atoms with Gasteiger partial charge < -0.3 is 14.8 Å². The number of carbonyl (C=O) groups is 2. The summed E-state index contributed by atoms with van der Waals surface area (Å²) in [5.41, 5.74) is 0.683. The first-order valence-electron chi connectivity index (χ1n) is 6.81. The Morgan fingerprint density at radius 1 is 1.22 bits per heavy atom. The van der Waals surface area contributed by atoms with E-state index in [2.05, 4.69) is 10.3 Å².